The van der Waals surface area contributed by atoms with Crippen LogP contribution in [0.3, 0.4) is 0 Å². The van der Waals surface area contributed by atoms with E-state index in [0.717, 1.165) is 42.3 Å². The van der Waals surface area contributed by atoms with Crippen LogP contribution in [-0.2, 0) is 11.3 Å². The fourth-order valence-electron chi connectivity index (χ4n) is 3.52. The zero-order valence-electron chi connectivity index (χ0n) is 15.9. The molecule has 0 bridgehead atoms. The lowest BCUT2D eigenvalue weighted by atomic mass is 10.1. The molecule has 0 unspecified atom stereocenters. The van der Waals surface area contributed by atoms with E-state index in [9.17, 15) is 4.79 Å². The predicted molar refractivity (Wildman–Crippen MR) is 109 cm³/mol. The highest BCUT2D eigenvalue weighted by Crippen LogP contribution is 2.25. The van der Waals surface area contributed by atoms with E-state index in [4.69, 9.17) is 4.74 Å². The summed E-state index contributed by atoms with van der Waals surface area (Å²) in [6, 6.07) is 7.73. The molecule has 2 aromatic heterocycles. The molecule has 1 atom stereocenters. The molecule has 4 rings (SSSR count). The third-order valence-electron chi connectivity index (χ3n) is 5.08. The van der Waals surface area contributed by atoms with E-state index in [0.29, 0.717) is 23.6 Å². The Hall–Kier alpha value is -1.86. The molecule has 0 N–H and O–H groups in total. The molecule has 6 nitrogen and oxygen atoms in total. The van der Waals surface area contributed by atoms with Gasteiger partial charge in [0.05, 0.1) is 17.0 Å². The fraction of sp³-hybridized carbons (Fsp3) is 0.550. The normalized spacial score (nSPS) is 18.0. The van der Waals surface area contributed by atoms with E-state index in [-0.39, 0.29) is 11.7 Å². The van der Waals surface area contributed by atoms with Crippen LogP contribution in [0.2, 0.25) is 0 Å². The van der Waals surface area contributed by atoms with Crippen LogP contribution >= 0.6 is 11.8 Å². The molecule has 0 saturated carbocycles. The lowest BCUT2D eigenvalue weighted by molar-refractivity contribution is 0.0315. The Kier molecular flexibility index (Phi) is 5.50. The molecule has 0 amide bonds. The van der Waals surface area contributed by atoms with Crippen LogP contribution in [0.15, 0.2) is 34.2 Å². The van der Waals surface area contributed by atoms with Crippen molar-refractivity contribution in [2.45, 2.75) is 57.3 Å². The first-order chi connectivity index (χ1) is 13.1. The molecule has 0 spiro atoms. The van der Waals surface area contributed by atoms with Crippen molar-refractivity contribution in [2.24, 2.45) is 5.92 Å². The Morgan fingerprint density at radius 2 is 2.11 bits per heavy atom. The predicted octanol–water partition coefficient (Wildman–Crippen LogP) is 3.75. The van der Waals surface area contributed by atoms with Crippen molar-refractivity contribution in [3.8, 4) is 0 Å². The molecule has 1 fully saturated rings. The van der Waals surface area contributed by atoms with Crippen LogP contribution in [0.25, 0.3) is 16.7 Å². The van der Waals surface area contributed by atoms with Crippen LogP contribution in [0.5, 0.6) is 0 Å². The minimum atomic E-state index is 0.0123. The molecular weight excluding hydrogens is 360 g/mol. The minimum Gasteiger partial charge on any atom is -0.377 e. The standard InChI is InChI=1S/C20H26N4O2S/c1-14(2)10-11-23-18(25)16-8-3-4-9-17(16)24-19(23)21-22-20(24)27-13-15-7-5-6-12-26-15/h3-4,8-9,14-15H,5-7,10-13H2,1-2H3/t15-/m0/s1. The molecule has 0 aliphatic carbocycles. The quantitative estimate of drug-likeness (QED) is 0.604. The Morgan fingerprint density at radius 3 is 2.89 bits per heavy atom. The summed E-state index contributed by atoms with van der Waals surface area (Å²) in [5.74, 6) is 2.01. The second kappa shape index (κ2) is 8.02. The number of ether oxygens (including phenoxy) is 1. The molecule has 1 aromatic carbocycles. The van der Waals surface area contributed by atoms with E-state index >= 15 is 0 Å². The first-order valence-corrected chi connectivity index (χ1v) is 10.7. The smallest absolute Gasteiger partial charge is 0.262 e. The maximum absolute atomic E-state index is 13.0. The molecule has 144 valence electrons. The number of hydrogen-bond donors (Lipinski definition) is 0. The highest BCUT2D eigenvalue weighted by Gasteiger charge is 2.19. The van der Waals surface area contributed by atoms with Crippen LogP contribution in [0.1, 0.15) is 39.5 Å². The van der Waals surface area contributed by atoms with Crippen molar-refractivity contribution < 1.29 is 4.74 Å². The summed E-state index contributed by atoms with van der Waals surface area (Å²) in [5, 5.41) is 10.3. The van der Waals surface area contributed by atoms with Gasteiger partial charge in [0.1, 0.15) is 0 Å². The van der Waals surface area contributed by atoms with Gasteiger partial charge in [-0.2, -0.15) is 0 Å². The van der Waals surface area contributed by atoms with Gasteiger partial charge in [0.25, 0.3) is 5.56 Å². The van der Waals surface area contributed by atoms with Crippen molar-refractivity contribution in [3.05, 3.63) is 34.6 Å². The van der Waals surface area contributed by atoms with Crippen LogP contribution in [0, 0.1) is 5.92 Å². The molecule has 0 radical (unpaired) electrons. The van der Waals surface area contributed by atoms with Gasteiger partial charge >= 0.3 is 0 Å². The summed E-state index contributed by atoms with van der Waals surface area (Å²) in [6.45, 7) is 5.83. The zero-order chi connectivity index (χ0) is 18.8. The second-order valence-electron chi connectivity index (χ2n) is 7.57. The number of nitrogens with zero attached hydrogens (tertiary/aromatic N) is 4. The van der Waals surface area contributed by atoms with E-state index in [1.165, 1.54) is 6.42 Å². The third kappa shape index (κ3) is 3.75. The number of aromatic nitrogens is 4. The maximum atomic E-state index is 13.0. The van der Waals surface area contributed by atoms with Crippen LogP contribution < -0.4 is 5.56 Å². The van der Waals surface area contributed by atoms with Crippen molar-refractivity contribution in [1.29, 1.82) is 0 Å². The van der Waals surface area contributed by atoms with Gasteiger partial charge in [0.15, 0.2) is 5.16 Å². The van der Waals surface area contributed by atoms with Gasteiger partial charge < -0.3 is 4.74 Å². The van der Waals surface area contributed by atoms with E-state index < -0.39 is 0 Å². The van der Waals surface area contributed by atoms with Crippen molar-refractivity contribution in [3.63, 3.8) is 0 Å². The highest BCUT2D eigenvalue weighted by molar-refractivity contribution is 7.99. The molecule has 27 heavy (non-hydrogen) atoms. The second-order valence-corrected chi connectivity index (χ2v) is 8.56. The summed E-state index contributed by atoms with van der Waals surface area (Å²) in [5.41, 5.74) is 0.883. The summed E-state index contributed by atoms with van der Waals surface area (Å²) < 4.78 is 9.66. The average molecular weight is 387 g/mol. The number of aryl methyl sites for hydroxylation is 1. The maximum Gasteiger partial charge on any atom is 0.262 e. The van der Waals surface area contributed by atoms with Gasteiger partial charge in [-0.15, -0.1) is 10.2 Å². The highest BCUT2D eigenvalue weighted by atomic mass is 32.2. The van der Waals surface area contributed by atoms with Crippen LogP contribution in [0.4, 0.5) is 0 Å². The van der Waals surface area contributed by atoms with Gasteiger partial charge in [0.2, 0.25) is 5.78 Å². The van der Waals surface area contributed by atoms with Crippen molar-refractivity contribution in [1.82, 2.24) is 19.2 Å². The Labute approximate surface area is 162 Å². The average Bonchev–Trinajstić information content (AvgIpc) is 3.11. The van der Waals surface area contributed by atoms with Crippen molar-refractivity contribution >= 4 is 28.4 Å². The molecule has 3 heterocycles. The van der Waals surface area contributed by atoms with Gasteiger partial charge in [-0.25, -0.2) is 0 Å². The summed E-state index contributed by atoms with van der Waals surface area (Å²) >= 11 is 1.67. The summed E-state index contributed by atoms with van der Waals surface area (Å²) in [6.07, 6.45) is 4.68. The molecule has 3 aromatic rings. The van der Waals surface area contributed by atoms with Crippen LogP contribution in [-0.4, -0.2) is 37.6 Å². The Balaban J connectivity index is 1.76. The monoisotopic (exact) mass is 386 g/mol. The number of hydrogen-bond acceptors (Lipinski definition) is 5. The largest absolute Gasteiger partial charge is 0.377 e. The third-order valence-corrected chi connectivity index (χ3v) is 6.14. The molecule has 7 heteroatoms. The molecule has 1 aliphatic heterocycles. The lowest BCUT2D eigenvalue weighted by Gasteiger charge is -2.21. The zero-order valence-corrected chi connectivity index (χ0v) is 16.7. The van der Waals surface area contributed by atoms with E-state index in [2.05, 4.69) is 24.0 Å². The van der Waals surface area contributed by atoms with E-state index in [1.807, 2.05) is 28.7 Å². The molecule has 1 saturated heterocycles. The number of para-hydroxylation sites is 1. The van der Waals surface area contributed by atoms with Gasteiger partial charge in [-0.1, -0.05) is 37.7 Å². The first-order valence-electron chi connectivity index (χ1n) is 9.76. The van der Waals surface area contributed by atoms with Gasteiger partial charge in [-0.05, 0) is 43.7 Å². The lowest BCUT2D eigenvalue weighted by Crippen LogP contribution is -2.24. The minimum absolute atomic E-state index is 0.0123. The number of fused-ring (bicyclic) bond motifs is 3. The first kappa shape index (κ1) is 18.5. The topological polar surface area (TPSA) is 61.4 Å². The van der Waals surface area contributed by atoms with Crippen molar-refractivity contribution in [2.75, 3.05) is 12.4 Å². The summed E-state index contributed by atoms with van der Waals surface area (Å²) in [4.78, 5) is 13.0. The SMILES string of the molecule is CC(C)CCn1c(=O)c2ccccc2n2c(SC[C@@H]3CCCCO3)nnc12. The molecule has 1 aliphatic rings. The number of thioether (sulfide) groups is 1. The molecular formula is C20H26N4O2S. The van der Waals surface area contributed by atoms with Gasteiger partial charge in [-0.3, -0.25) is 13.8 Å². The Bertz CT molecular complexity index is 989. The fourth-order valence-corrected chi connectivity index (χ4v) is 4.53. The number of benzene rings is 1. The Morgan fingerprint density at radius 1 is 1.26 bits per heavy atom. The summed E-state index contributed by atoms with van der Waals surface area (Å²) in [7, 11) is 0. The van der Waals surface area contributed by atoms with Gasteiger partial charge in [0, 0.05) is 18.9 Å². The number of rotatable bonds is 6. The van der Waals surface area contributed by atoms with E-state index in [1.54, 1.807) is 16.3 Å².